The van der Waals surface area contributed by atoms with Gasteiger partial charge in [0.1, 0.15) is 5.65 Å². The Bertz CT molecular complexity index is 892. The number of piperidine rings is 1. The number of aryl methyl sites for hydroxylation is 1. The first-order valence-electron chi connectivity index (χ1n) is 9.79. The minimum absolute atomic E-state index is 0. The van der Waals surface area contributed by atoms with Crippen LogP contribution in [0.5, 0.6) is 0 Å². The number of likely N-dealkylation sites (tertiary alicyclic amines) is 1. The van der Waals surface area contributed by atoms with Gasteiger partial charge in [-0.1, -0.05) is 30.3 Å². The summed E-state index contributed by atoms with van der Waals surface area (Å²) in [7, 11) is 0. The molecule has 0 bridgehead atoms. The zero-order valence-corrected chi connectivity index (χ0v) is 18.0. The maximum atomic E-state index is 12.7. The maximum Gasteiger partial charge on any atom is 0.227 e. The van der Waals surface area contributed by atoms with Crippen LogP contribution < -0.4 is 5.32 Å². The molecule has 2 aromatic heterocycles. The molecule has 0 aliphatic carbocycles. The molecule has 29 heavy (non-hydrogen) atoms. The molecular formula is C22H28Cl2N4O. The fraction of sp³-hybridized carbons (Fsp3) is 0.364. The van der Waals surface area contributed by atoms with Gasteiger partial charge in [-0.3, -0.25) is 4.79 Å². The minimum Gasteiger partial charge on any atom is -0.346 e. The summed E-state index contributed by atoms with van der Waals surface area (Å²) in [5, 5.41) is 4.07. The molecule has 4 rings (SSSR count). The van der Waals surface area contributed by atoms with Crippen molar-refractivity contribution in [2.45, 2.75) is 25.7 Å². The van der Waals surface area contributed by atoms with Crippen LogP contribution in [0.4, 0.5) is 5.69 Å². The fourth-order valence-corrected chi connectivity index (χ4v) is 3.87. The standard InChI is InChI=1S/C22H26N4O.2ClH/c27-22(25-20-9-13-24-21-19(20)8-12-23-21)18-10-15-26(16-11-18)14-4-7-17-5-2-1-3-6-17;;/h1-3,5-6,8-9,12-13,18H,4,7,10-11,14-16H2,(H2,23,24,25,27);2*1H. The second-order valence-electron chi connectivity index (χ2n) is 7.29. The first-order valence-corrected chi connectivity index (χ1v) is 9.79. The monoisotopic (exact) mass is 434 g/mol. The van der Waals surface area contributed by atoms with E-state index in [-0.39, 0.29) is 36.6 Å². The van der Waals surface area contributed by atoms with Crippen LogP contribution >= 0.6 is 24.8 Å². The highest BCUT2D eigenvalue weighted by Crippen LogP contribution is 2.24. The van der Waals surface area contributed by atoms with Gasteiger partial charge in [-0.25, -0.2) is 4.98 Å². The first kappa shape index (κ1) is 23.2. The van der Waals surface area contributed by atoms with Crippen LogP contribution in [0.2, 0.25) is 0 Å². The largest absolute Gasteiger partial charge is 0.346 e. The number of carbonyl (C=O) groups excluding carboxylic acids is 1. The molecule has 7 heteroatoms. The van der Waals surface area contributed by atoms with Crippen LogP contribution in [0.1, 0.15) is 24.8 Å². The fourth-order valence-electron chi connectivity index (χ4n) is 3.87. The van der Waals surface area contributed by atoms with Gasteiger partial charge in [0.25, 0.3) is 0 Å². The van der Waals surface area contributed by atoms with E-state index in [1.165, 1.54) is 12.0 Å². The highest BCUT2D eigenvalue weighted by molar-refractivity contribution is 6.00. The average molecular weight is 435 g/mol. The van der Waals surface area contributed by atoms with Crippen LogP contribution in [0, 0.1) is 5.92 Å². The molecule has 0 spiro atoms. The summed E-state index contributed by atoms with van der Waals surface area (Å²) in [6.07, 6.45) is 7.72. The van der Waals surface area contributed by atoms with Gasteiger partial charge in [0.05, 0.1) is 5.69 Å². The molecule has 2 N–H and O–H groups in total. The van der Waals surface area contributed by atoms with Gasteiger partial charge in [-0.05, 0) is 63.0 Å². The van der Waals surface area contributed by atoms with Gasteiger partial charge in [0, 0.05) is 23.7 Å². The van der Waals surface area contributed by atoms with Gasteiger partial charge < -0.3 is 15.2 Å². The summed E-state index contributed by atoms with van der Waals surface area (Å²) in [6.45, 7) is 3.11. The van der Waals surface area contributed by atoms with Crippen LogP contribution in [0.15, 0.2) is 54.9 Å². The lowest BCUT2D eigenvalue weighted by Gasteiger charge is -2.31. The predicted molar refractivity (Wildman–Crippen MR) is 123 cm³/mol. The SMILES string of the molecule is Cl.Cl.O=C(Nc1ccnc2[nH]ccc12)C1CCN(CCCc2ccccc2)CC1. The normalized spacial score (nSPS) is 14.8. The molecule has 156 valence electrons. The summed E-state index contributed by atoms with van der Waals surface area (Å²) in [5.41, 5.74) is 3.05. The molecule has 1 aliphatic rings. The lowest BCUT2D eigenvalue weighted by molar-refractivity contribution is -0.121. The van der Waals surface area contributed by atoms with Crippen molar-refractivity contribution in [2.75, 3.05) is 25.0 Å². The van der Waals surface area contributed by atoms with E-state index in [1.807, 2.05) is 18.3 Å². The van der Waals surface area contributed by atoms with E-state index >= 15 is 0 Å². The zero-order chi connectivity index (χ0) is 18.5. The van der Waals surface area contributed by atoms with E-state index in [1.54, 1.807) is 6.20 Å². The number of halogens is 2. The Labute approximate surface area is 184 Å². The number of nitrogens with zero attached hydrogens (tertiary/aromatic N) is 2. The molecule has 0 atom stereocenters. The number of carbonyl (C=O) groups is 1. The topological polar surface area (TPSA) is 61.0 Å². The molecule has 1 amide bonds. The molecule has 1 aromatic carbocycles. The second kappa shape index (κ2) is 11.2. The van der Waals surface area contributed by atoms with Crippen molar-refractivity contribution in [3.8, 4) is 0 Å². The molecule has 0 radical (unpaired) electrons. The van der Waals surface area contributed by atoms with E-state index < -0.39 is 0 Å². The van der Waals surface area contributed by atoms with Crippen LogP contribution in [0.3, 0.4) is 0 Å². The number of anilines is 1. The number of amides is 1. The van der Waals surface area contributed by atoms with Gasteiger partial charge in [0.2, 0.25) is 5.91 Å². The number of hydrogen-bond donors (Lipinski definition) is 2. The van der Waals surface area contributed by atoms with Gasteiger partial charge in [-0.2, -0.15) is 0 Å². The summed E-state index contributed by atoms with van der Waals surface area (Å²) < 4.78 is 0. The minimum atomic E-state index is 0. The number of pyridine rings is 1. The molecule has 0 unspecified atom stereocenters. The smallest absolute Gasteiger partial charge is 0.227 e. The number of nitrogens with one attached hydrogen (secondary N) is 2. The Morgan fingerprint density at radius 1 is 1.10 bits per heavy atom. The van der Waals surface area contributed by atoms with Gasteiger partial charge in [-0.15, -0.1) is 24.8 Å². The van der Waals surface area contributed by atoms with E-state index in [0.29, 0.717) is 0 Å². The van der Waals surface area contributed by atoms with E-state index in [4.69, 9.17) is 0 Å². The second-order valence-corrected chi connectivity index (χ2v) is 7.29. The third kappa shape index (κ3) is 5.95. The number of aromatic nitrogens is 2. The number of fused-ring (bicyclic) bond motifs is 1. The van der Waals surface area contributed by atoms with Crippen molar-refractivity contribution in [1.82, 2.24) is 14.9 Å². The van der Waals surface area contributed by atoms with E-state index in [0.717, 1.165) is 55.6 Å². The molecule has 1 saturated heterocycles. The maximum absolute atomic E-state index is 12.7. The first-order chi connectivity index (χ1) is 13.3. The molecule has 0 saturated carbocycles. The van der Waals surface area contributed by atoms with E-state index in [2.05, 4.69) is 50.5 Å². The zero-order valence-electron chi connectivity index (χ0n) is 16.3. The Morgan fingerprint density at radius 3 is 2.62 bits per heavy atom. The van der Waals surface area contributed by atoms with Crippen molar-refractivity contribution in [3.05, 3.63) is 60.4 Å². The Kier molecular flexibility index (Phi) is 8.96. The van der Waals surface area contributed by atoms with Gasteiger partial charge in [0.15, 0.2) is 0 Å². The number of hydrogen-bond acceptors (Lipinski definition) is 3. The van der Waals surface area contributed by atoms with Crippen molar-refractivity contribution >= 4 is 47.4 Å². The van der Waals surface area contributed by atoms with E-state index in [9.17, 15) is 4.79 Å². The quantitative estimate of drug-likeness (QED) is 0.591. The highest BCUT2D eigenvalue weighted by Gasteiger charge is 2.25. The highest BCUT2D eigenvalue weighted by atomic mass is 35.5. The van der Waals surface area contributed by atoms with Gasteiger partial charge >= 0.3 is 0 Å². The van der Waals surface area contributed by atoms with Crippen molar-refractivity contribution in [3.63, 3.8) is 0 Å². The van der Waals surface area contributed by atoms with Crippen LogP contribution in [-0.2, 0) is 11.2 Å². The number of benzene rings is 1. The van der Waals surface area contributed by atoms with Crippen LogP contribution in [0.25, 0.3) is 11.0 Å². The van der Waals surface area contributed by atoms with Crippen molar-refractivity contribution < 1.29 is 4.79 Å². The summed E-state index contributed by atoms with van der Waals surface area (Å²) >= 11 is 0. The number of rotatable bonds is 6. The Hall–Kier alpha value is -2.08. The molecule has 1 fully saturated rings. The Balaban J connectivity index is 0.00000150. The van der Waals surface area contributed by atoms with Crippen molar-refractivity contribution in [2.24, 2.45) is 5.92 Å². The third-order valence-electron chi connectivity index (χ3n) is 5.46. The lowest BCUT2D eigenvalue weighted by Crippen LogP contribution is -2.38. The molecule has 3 aromatic rings. The number of H-pyrrole nitrogens is 1. The third-order valence-corrected chi connectivity index (χ3v) is 5.46. The molecule has 3 heterocycles. The summed E-state index contributed by atoms with van der Waals surface area (Å²) in [5.74, 6) is 0.227. The average Bonchev–Trinajstić information content (AvgIpc) is 3.19. The molecule has 5 nitrogen and oxygen atoms in total. The van der Waals surface area contributed by atoms with Crippen molar-refractivity contribution in [1.29, 1.82) is 0 Å². The predicted octanol–water partition coefficient (Wildman–Crippen LogP) is 4.69. The molecule has 1 aliphatic heterocycles. The number of aromatic amines is 1. The lowest BCUT2D eigenvalue weighted by atomic mass is 9.95. The Morgan fingerprint density at radius 2 is 1.86 bits per heavy atom. The summed E-state index contributed by atoms with van der Waals surface area (Å²) in [6, 6.07) is 14.5. The van der Waals surface area contributed by atoms with Crippen LogP contribution in [-0.4, -0.2) is 40.4 Å². The summed E-state index contributed by atoms with van der Waals surface area (Å²) in [4.78, 5) is 22.5. The molecular weight excluding hydrogens is 407 g/mol.